The van der Waals surface area contributed by atoms with E-state index in [4.69, 9.17) is 0 Å². The van der Waals surface area contributed by atoms with Crippen molar-refractivity contribution in [3.8, 4) is 0 Å². The molecule has 2 rings (SSSR count). The van der Waals surface area contributed by atoms with Crippen molar-refractivity contribution >= 4 is 0 Å². The van der Waals surface area contributed by atoms with Crippen LogP contribution in [-0.2, 0) is 0 Å². The Morgan fingerprint density at radius 2 is 1.67 bits per heavy atom. The van der Waals surface area contributed by atoms with Crippen LogP contribution in [0.15, 0.2) is 16.2 Å². The first-order chi connectivity index (χ1) is 7.11. The van der Waals surface area contributed by atoms with Crippen molar-refractivity contribution in [2.75, 3.05) is 6.67 Å². The number of pyridine rings is 1. The predicted molar refractivity (Wildman–Crippen MR) is 59.6 cm³/mol. The minimum atomic E-state index is 0.414. The lowest BCUT2D eigenvalue weighted by molar-refractivity contribution is 0.777. The molecular formula is C12H17N3. The van der Waals surface area contributed by atoms with E-state index in [1.165, 1.54) is 5.56 Å². The van der Waals surface area contributed by atoms with Gasteiger partial charge in [0.1, 0.15) is 12.0 Å². The highest BCUT2D eigenvalue weighted by atomic mass is 15.0. The molecule has 0 fully saturated rings. The second-order valence-electron chi connectivity index (χ2n) is 4.56. The quantitative estimate of drug-likeness (QED) is 0.718. The van der Waals surface area contributed by atoms with Crippen molar-refractivity contribution < 1.29 is 0 Å². The van der Waals surface area contributed by atoms with E-state index in [1.54, 1.807) is 0 Å². The third kappa shape index (κ3) is 1.66. The first-order valence-corrected chi connectivity index (χ1v) is 5.49. The van der Waals surface area contributed by atoms with Gasteiger partial charge in [-0.2, -0.15) is 0 Å². The van der Waals surface area contributed by atoms with Crippen LogP contribution in [0.1, 0.15) is 50.8 Å². The minimum absolute atomic E-state index is 0.414. The zero-order chi connectivity index (χ0) is 11.0. The summed E-state index contributed by atoms with van der Waals surface area (Å²) in [7, 11) is 0. The van der Waals surface area contributed by atoms with E-state index in [2.05, 4.69) is 42.7 Å². The Balaban J connectivity index is 2.72. The van der Waals surface area contributed by atoms with Gasteiger partial charge < -0.3 is 0 Å². The molecule has 1 aliphatic heterocycles. The van der Waals surface area contributed by atoms with Crippen molar-refractivity contribution in [1.29, 1.82) is 0 Å². The number of hydrogen-bond donors (Lipinski definition) is 0. The SMILES string of the molecule is CC(C)c1cnc(C(C)C)c2c1=NCN=2. The number of aromatic nitrogens is 1. The summed E-state index contributed by atoms with van der Waals surface area (Å²) >= 11 is 0. The molecule has 15 heavy (non-hydrogen) atoms. The summed E-state index contributed by atoms with van der Waals surface area (Å²) in [6, 6.07) is 0. The van der Waals surface area contributed by atoms with Crippen molar-refractivity contribution in [3.05, 3.63) is 28.2 Å². The molecule has 1 aromatic rings. The molecule has 0 N–H and O–H groups in total. The molecule has 0 aromatic carbocycles. The monoisotopic (exact) mass is 203 g/mol. The molecule has 0 saturated heterocycles. The lowest BCUT2D eigenvalue weighted by atomic mass is 10.0. The third-order valence-electron chi connectivity index (χ3n) is 2.71. The number of hydrogen-bond acceptors (Lipinski definition) is 3. The molecule has 0 spiro atoms. The summed E-state index contributed by atoms with van der Waals surface area (Å²) in [6.45, 7) is 9.19. The number of nitrogens with zero attached hydrogens (tertiary/aromatic N) is 3. The van der Waals surface area contributed by atoms with Gasteiger partial charge in [-0.25, -0.2) is 0 Å². The van der Waals surface area contributed by atoms with Crippen LogP contribution in [0.5, 0.6) is 0 Å². The van der Waals surface area contributed by atoms with Gasteiger partial charge in [-0.3, -0.25) is 15.0 Å². The van der Waals surface area contributed by atoms with E-state index in [1.807, 2.05) is 6.20 Å². The van der Waals surface area contributed by atoms with Crippen LogP contribution in [0.4, 0.5) is 0 Å². The maximum atomic E-state index is 4.52. The van der Waals surface area contributed by atoms with Gasteiger partial charge in [0.25, 0.3) is 0 Å². The van der Waals surface area contributed by atoms with Gasteiger partial charge in [-0.15, -0.1) is 0 Å². The molecule has 0 bridgehead atoms. The second-order valence-corrected chi connectivity index (χ2v) is 4.56. The normalized spacial score (nSPS) is 14.0. The molecule has 1 aromatic heterocycles. The molecule has 0 radical (unpaired) electrons. The Kier molecular flexibility index (Phi) is 2.55. The fraction of sp³-hybridized carbons (Fsp3) is 0.583. The van der Waals surface area contributed by atoms with Crippen LogP contribution in [0.25, 0.3) is 0 Å². The Hall–Kier alpha value is -1.25. The maximum Gasteiger partial charge on any atom is 0.131 e. The summed E-state index contributed by atoms with van der Waals surface area (Å²) in [5.74, 6) is 0.876. The topological polar surface area (TPSA) is 37.6 Å². The van der Waals surface area contributed by atoms with Crippen LogP contribution >= 0.6 is 0 Å². The van der Waals surface area contributed by atoms with Gasteiger partial charge in [-0.05, 0) is 11.8 Å². The van der Waals surface area contributed by atoms with Gasteiger partial charge in [0, 0.05) is 11.8 Å². The molecule has 80 valence electrons. The number of rotatable bonds is 2. The molecule has 0 amide bonds. The van der Waals surface area contributed by atoms with Gasteiger partial charge in [0.2, 0.25) is 0 Å². The fourth-order valence-corrected chi connectivity index (χ4v) is 1.86. The lowest BCUT2D eigenvalue weighted by Gasteiger charge is -2.08. The van der Waals surface area contributed by atoms with Gasteiger partial charge in [0.05, 0.1) is 11.1 Å². The van der Waals surface area contributed by atoms with Crippen LogP contribution in [-0.4, -0.2) is 11.7 Å². The Labute approximate surface area is 90.0 Å². The Morgan fingerprint density at radius 3 is 2.27 bits per heavy atom. The molecule has 2 heterocycles. The molecule has 3 heteroatoms. The van der Waals surface area contributed by atoms with Crippen LogP contribution in [0.2, 0.25) is 0 Å². The van der Waals surface area contributed by atoms with Crippen LogP contribution < -0.4 is 10.7 Å². The van der Waals surface area contributed by atoms with E-state index < -0.39 is 0 Å². The smallest absolute Gasteiger partial charge is 0.131 e. The van der Waals surface area contributed by atoms with Crippen molar-refractivity contribution in [1.82, 2.24) is 4.98 Å². The maximum absolute atomic E-state index is 4.52. The molecule has 0 aliphatic carbocycles. The van der Waals surface area contributed by atoms with E-state index in [0.717, 1.165) is 16.4 Å². The summed E-state index contributed by atoms with van der Waals surface area (Å²) in [4.78, 5) is 13.4. The lowest BCUT2D eigenvalue weighted by Crippen LogP contribution is -2.32. The van der Waals surface area contributed by atoms with E-state index in [9.17, 15) is 0 Å². The summed E-state index contributed by atoms with van der Waals surface area (Å²) in [5.41, 5.74) is 2.30. The number of fused-ring (bicyclic) bond motifs is 1. The van der Waals surface area contributed by atoms with Crippen molar-refractivity contribution in [3.63, 3.8) is 0 Å². The minimum Gasteiger partial charge on any atom is -0.259 e. The average Bonchev–Trinajstić information content (AvgIpc) is 2.63. The first kappa shape index (κ1) is 10.3. The van der Waals surface area contributed by atoms with Crippen LogP contribution in [0.3, 0.4) is 0 Å². The molecule has 1 aliphatic rings. The van der Waals surface area contributed by atoms with Crippen LogP contribution in [0, 0.1) is 0 Å². The largest absolute Gasteiger partial charge is 0.259 e. The van der Waals surface area contributed by atoms with Crippen molar-refractivity contribution in [2.24, 2.45) is 9.98 Å². The first-order valence-electron chi connectivity index (χ1n) is 5.49. The highest BCUT2D eigenvalue weighted by Gasteiger charge is 2.13. The highest BCUT2D eigenvalue weighted by molar-refractivity contribution is 5.19. The zero-order valence-corrected chi connectivity index (χ0v) is 9.78. The third-order valence-corrected chi connectivity index (χ3v) is 2.71. The molecule has 0 unspecified atom stereocenters. The van der Waals surface area contributed by atoms with Gasteiger partial charge in [0.15, 0.2) is 0 Å². The molecular weight excluding hydrogens is 186 g/mol. The summed E-state index contributed by atoms with van der Waals surface area (Å²) in [6.07, 6.45) is 1.96. The molecule has 0 saturated carbocycles. The molecule has 0 atom stereocenters. The summed E-state index contributed by atoms with van der Waals surface area (Å²) < 4.78 is 0. The van der Waals surface area contributed by atoms with Gasteiger partial charge >= 0.3 is 0 Å². The Bertz CT molecular complexity index is 441. The van der Waals surface area contributed by atoms with E-state index >= 15 is 0 Å². The predicted octanol–water partition coefficient (Wildman–Crippen LogP) is 1.54. The summed E-state index contributed by atoms with van der Waals surface area (Å²) in [5, 5.41) is 2.10. The highest BCUT2D eigenvalue weighted by Crippen LogP contribution is 2.11. The van der Waals surface area contributed by atoms with Gasteiger partial charge in [-0.1, -0.05) is 27.7 Å². The average molecular weight is 203 g/mol. The second kappa shape index (κ2) is 3.72. The van der Waals surface area contributed by atoms with Crippen molar-refractivity contribution in [2.45, 2.75) is 39.5 Å². The van der Waals surface area contributed by atoms with E-state index in [-0.39, 0.29) is 0 Å². The zero-order valence-electron chi connectivity index (χ0n) is 9.78. The van der Waals surface area contributed by atoms with E-state index in [0.29, 0.717) is 18.5 Å². The fourth-order valence-electron chi connectivity index (χ4n) is 1.86. The molecule has 3 nitrogen and oxygen atoms in total. The Morgan fingerprint density at radius 1 is 1.00 bits per heavy atom. The standard InChI is InChI=1S/C12H17N3/c1-7(2)9-5-13-10(8(3)4)12-11(9)14-6-15-12/h5,7-8H,6H2,1-4H3.